The third kappa shape index (κ3) is 3.75. The van der Waals surface area contributed by atoms with Gasteiger partial charge in [0.1, 0.15) is 0 Å². The van der Waals surface area contributed by atoms with Crippen molar-refractivity contribution < 1.29 is 14.2 Å². The van der Waals surface area contributed by atoms with Gasteiger partial charge in [-0.1, -0.05) is 0 Å². The maximum Gasteiger partial charge on any atom is 0.231 e. The van der Waals surface area contributed by atoms with Crippen molar-refractivity contribution in [3.63, 3.8) is 0 Å². The van der Waals surface area contributed by atoms with Crippen molar-refractivity contribution in [2.75, 3.05) is 38.8 Å². The van der Waals surface area contributed by atoms with E-state index in [0.717, 1.165) is 38.5 Å². The van der Waals surface area contributed by atoms with Crippen molar-refractivity contribution in [3.05, 3.63) is 6.07 Å². The zero-order valence-corrected chi connectivity index (χ0v) is 12.7. The summed E-state index contributed by atoms with van der Waals surface area (Å²) >= 11 is 0. The number of nitrogens with zero attached hydrogens (tertiary/aromatic N) is 3. The summed E-state index contributed by atoms with van der Waals surface area (Å²) in [5, 5.41) is 0. The van der Waals surface area contributed by atoms with Crippen LogP contribution in [0.5, 0.6) is 11.8 Å². The average molecular weight is 293 g/mol. The predicted molar refractivity (Wildman–Crippen MR) is 79.0 cm³/mol. The lowest BCUT2D eigenvalue weighted by atomic mass is 10.1. The van der Waals surface area contributed by atoms with Gasteiger partial charge in [0.05, 0.1) is 26.4 Å². The molecule has 1 saturated carbocycles. The second kappa shape index (κ2) is 6.47. The van der Waals surface area contributed by atoms with Gasteiger partial charge in [-0.05, 0) is 31.6 Å². The van der Waals surface area contributed by atoms with Crippen LogP contribution in [0.25, 0.3) is 0 Å². The van der Waals surface area contributed by atoms with Crippen LogP contribution < -0.4 is 14.4 Å². The van der Waals surface area contributed by atoms with Crippen LogP contribution in [-0.4, -0.2) is 50.0 Å². The average Bonchev–Trinajstić information content (AvgIpc) is 3.37. The summed E-state index contributed by atoms with van der Waals surface area (Å²) in [6, 6.07) is 1.69. The molecule has 0 aromatic carbocycles. The number of methoxy groups -OCH3 is 2. The number of ether oxygens (including phenoxy) is 3. The van der Waals surface area contributed by atoms with Gasteiger partial charge in [-0.2, -0.15) is 9.97 Å². The molecule has 2 heterocycles. The fourth-order valence-corrected chi connectivity index (χ4v) is 2.52. The maximum absolute atomic E-state index is 5.96. The molecule has 0 unspecified atom stereocenters. The Balaban J connectivity index is 1.57. The van der Waals surface area contributed by atoms with Gasteiger partial charge >= 0.3 is 0 Å². The highest BCUT2D eigenvalue weighted by atomic mass is 16.5. The Morgan fingerprint density at radius 2 is 1.67 bits per heavy atom. The van der Waals surface area contributed by atoms with E-state index in [2.05, 4.69) is 14.9 Å². The first kappa shape index (κ1) is 14.4. The first-order valence-corrected chi connectivity index (χ1v) is 7.62. The van der Waals surface area contributed by atoms with Crippen molar-refractivity contribution >= 4 is 5.95 Å². The van der Waals surface area contributed by atoms with Crippen LogP contribution in [0, 0.1) is 5.92 Å². The van der Waals surface area contributed by atoms with Crippen LogP contribution >= 0.6 is 0 Å². The highest BCUT2D eigenvalue weighted by Gasteiger charge is 2.26. The number of hydrogen-bond acceptors (Lipinski definition) is 6. The topological polar surface area (TPSA) is 56.7 Å². The smallest absolute Gasteiger partial charge is 0.231 e. The Hall–Kier alpha value is -1.56. The van der Waals surface area contributed by atoms with Crippen molar-refractivity contribution in [1.82, 2.24) is 9.97 Å². The molecule has 0 N–H and O–H groups in total. The van der Waals surface area contributed by atoms with Crippen LogP contribution in [0.2, 0.25) is 0 Å². The van der Waals surface area contributed by atoms with Gasteiger partial charge in [0.2, 0.25) is 17.7 Å². The second-order valence-corrected chi connectivity index (χ2v) is 5.72. The summed E-state index contributed by atoms with van der Waals surface area (Å²) < 4.78 is 16.4. The van der Waals surface area contributed by atoms with Gasteiger partial charge in [0, 0.05) is 19.7 Å². The molecule has 6 nitrogen and oxygen atoms in total. The van der Waals surface area contributed by atoms with Gasteiger partial charge in [-0.15, -0.1) is 0 Å². The molecule has 21 heavy (non-hydrogen) atoms. The predicted octanol–water partition coefficient (Wildman–Crippen LogP) is 1.89. The molecule has 0 radical (unpaired) electrons. The zero-order chi connectivity index (χ0) is 14.7. The maximum atomic E-state index is 5.96. The first-order chi connectivity index (χ1) is 10.3. The molecule has 2 aliphatic rings. The van der Waals surface area contributed by atoms with Crippen molar-refractivity contribution in [1.29, 1.82) is 0 Å². The van der Waals surface area contributed by atoms with Gasteiger partial charge in [-0.3, -0.25) is 0 Å². The highest BCUT2D eigenvalue weighted by Crippen LogP contribution is 2.30. The molecular weight excluding hydrogens is 270 g/mol. The van der Waals surface area contributed by atoms with Crippen molar-refractivity contribution in [2.45, 2.75) is 31.8 Å². The quantitative estimate of drug-likeness (QED) is 0.798. The SMILES string of the molecule is COc1cc(OC)nc(N2CCC(OCC3CC3)CC2)n1. The van der Waals surface area contributed by atoms with Gasteiger partial charge in [0.25, 0.3) is 0 Å². The number of hydrogen-bond donors (Lipinski definition) is 0. The molecule has 1 saturated heterocycles. The number of aromatic nitrogens is 2. The normalized spacial score (nSPS) is 19.6. The summed E-state index contributed by atoms with van der Waals surface area (Å²) in [7, 11) is 3.20. The summed E-state index contributed by atoms with van der Waals surface area (Å²) in [6.45, 7) is 2.76. The van der Waals surface area contributed by atoms with E-state index in [-0.39, 0.29) is 0 Å². The molecule has 3 rings (SSSR count). The summed E-state index contributed by atoms with van der Waals surface area (Å²) in [5.74, 6) is 2.56. The third-order valence-corrected chi connectivity index (χ3v) is 4.07. The molecule has 0 bridgehead atoms. The second-order valence-electron chi connectivity index (χ2n) is 5.72. The lowest BCUT2D eigenvalue weighted by Gasteiger charge is -2.32. The highest BCUT2D eigenvalue weighted by molar-refractivity contribution is 5.37. The van der Waals surface area contributed by atoms with E-state index in [1.165, 1.54) is 12.8 Å². The summed E-state index contributed by atoms with van der Waals surface area (Å²) in [6.07, 6.45) is 5.12. The lowest BCUT2D eigenvalue weighted by molar-refractivity contribution is 0.0303. The number of piperidine rings is 1. The van der Waals surface area contributed by atoms with Crippen LogP contribution in [0.4, 0.5) is 5.95 Å². The Kier molecular flexibility index (Phi) is 4.43. The molecule has 6 heteroatoms. The molecule has 1 aliphatic heterocycles. The fourth-order valence-electron chi connectivity index (χ4n) is 2.52. The zero-order valence-electron chi connectivity index (χ0n) is 12.7. The fraction of sp³-hybridized carbons (Fsp3) is 0.733. The summed E-state index contributed by atoms with van der Waals surface area (Å²) in [4.78, 5) is 11.0. The minimum Gasteiger partial charge on any atom is -0.481 e. The molecule has 0 amide bonds. The van der Waals surface area contributed by atoms with Crippen LogP contribution in [0.3, 0.4) is 0 Å². The molecule has 1 aliphatic carbocycles. The molecular formula is C15H23N3O3. The van der Waals surface area contributed by atoms with E-state index in [1.807, 2.05) is 0 Å². The summed E-state index contributed by atoms with van der Waals surface area (Å²) in [5.41, 5.74) is 0. The molecule has 116 valence electrons. The van der Waals surface area contributed by atoms with Gasteiger partial charge in [0.15, 0.2) is 0 Å². The molecule has 1 aromatic heterocycles. The third-order valence-electron chi connectivity index (χ3n) is 4.07. The monoisotopic (exact) mass is 293 g/mol. The van der Waals surface area contributed by atoms with E-state index < -0.39 is 0 Å². The Bertz CT molecular complexity index is 449. The van der Waals surface area contributed by atoms with Gasteiger partial charge < -0.3 is 19.1 Å². The van der Waals surface area contributed by atoms with Crippen LogP contribution in [-0.2, 0) is 4.74 Å². The van der Waals surface area contributed by atoms with E-state index in [4.69, 9.17) is 14.2 Å². The van der Waals surface area contributed by atoms with E-state index in [0.29, 0.717) is 23.8 Å². The Morgan fingerprint density at radius 1 is 1.05 bits per heavy atom. The largest absolute Gasteiger partial charge is 0.481 e. The standard InChI is InChI=1S/C15H23N3O3/c1-19-13-9-14(20-2)17-15(16-13)18-7-5-12(6-8-18)21-10-11-3-4-11/h9,11-12H,3-8,10H2,1-2H3. The molecule has 0 spiro atoms. The number of anilines is 1. The van der Waals surface area contributed by atoms with Gasteiger partial charge in [-0.25, -0.2) is 0 Å². The Morgan fingerprint density at radius 3 is 2.19 bits per heavy atom. The molecule has 1 aromatic rings. The van der Waals surface area contributed by atoms with E-state index in [9.17, 15) is 0 Å². The Labute approximate surface area is 125 Å². The van der Waals surface area contributed by atoms with E-state index in [1.54, 1.807) is 20.3 Å². The minimum absolute atomic E-state index is 0.384. The molecule has 2 fully saturated rings. The van der Waals surface area contributed by atoms with Crippen molar-refractivity contribution in [3.8, 4) is 11.8 Å². The minimum atomic E-state index is 0.384. The lowest BCUT2D eigenvalue weighted by Crippen LogP contribution is -2.38. The van der Waals surface area contributed by atoms with Crippen LogP contribution in [0.1, 0.15) is 25.7 Å². The molecule has 0 atom stereocenters. The van der Waals surface area contributed by atoms with Crippen LogP contribution in [0.15, 0.2) is 6.07 Å². The van der Waals surface area contributed by atoms with Crippen molar-refractivity contribution in [2.24, 2.45) is 5.92 Å². The van der Waals surface area contributed by atoms with E-state index >= 15 is 0 Å². The number of rotatable bonds is 6. The first-order valence-electron chi connectivity index (χ1n) is 7.62.